The van der Waals surface area contributed by atoms with Gasteiger partial charge in [-0.3, -0.25) is 0 Å². The average molecular weight is 387 g/mol. The quantitative estimate of drug-likeness (QED) is 0.608. The molecule has 1 aliphatic carbocycles. The molecule has 1 N–H and O–H groups in total. The van der Waals surface area contributed by atoms with Gasteiger partial charge in [-0.25, -0.2) is 4.79 Å². The van der Waals surface area contributed by atoms with E-state index < -0.39 is 5.97 Å². The third-order valence-electron chi connectivity index (χ3n) is 5.48. The molecule has 2 aromatic rings. The molecule has 0 fully saturated rings. The number of carbonyl (C=O) groups is 1. The molecular weight excluding hydrogens is 356 g/mol. The predicted molar refractivity (Wildman–Crippen MR) is 122 cm³/mol. The maximum Gasteiger partial charge on any atom is 0.335 e. The standard InChI is InChI=1S/C27H30O2/c1-18(19-7-9-21(10-8-19)25(28)29)22-11-12-24-23(17-22)20(13-15-26(2,3)4)14-16-27(24,5)6/h7-15,17H,1,16H2,2-6H3,(H,28,29). The molecule has 2 aromatic carbocycles. The SMILES string of the molecule is C=C(c1ccc(C(=O)O)cc1)c1ccc2c(c1)C(C=CC(C)(C)C)=CCC2(C)C. The van der Waals surface area contributed by atoms with Gasteiger partial charge in [-0.1, -0.05) is 83.7 Å². The second-order valence-corrected chi connectivity index (χ2v) is 9.57. The number of carboxylic acids is 1. The van der Waals surface area contributed by atoms with Gasteiger partial charge in [0.2, 0.25) is 0 Å². The lowest BCUT2D eigenvalue weighted by molar-refractivity contribution is 0.0697. The molecule has 0 aromatic heterocycles. The van der Waals surface area contributed by atoms with Crippen LogP contribution in [0.3, 0.4) is 0 Å². The number of rotatable bonds is 4. The highest BCUT2D eigenvalue weighted by Gasteiger charge is 2.27. The highest BCUT2D eigenvalue weighted by molar-refractivity contribution is 5.89. The minimum Gasteiger partial charge on any atom is -0.478 e. The van der Waals surface area contributed by atoms with E-state index in [9.17, 15) is 4.79 Å². The third-order valence-corrected chi connectivity index (χ3v) is 5.48. The maximum atomic E-state index is 11.1. The molecule has 0 atom stereocenters. The highest BCUT2D eigenvalue weighted by atomic mass is 16.4. The van der Waals surface area contributed by atoms with E-state index in [1.807, 2.05) is 12.1 Å². The van der Waals surface area contributed by atoms with Gasteiger partial charge in [-0.2, -0.15) is 0 Å². The van der Waals surface area contributed by atoms with Gasteiger partial charge in [0.1, 0.15) is 0 Å². The van der Waals surface area contributed by atoms with Crippen molar-refractivity contribution in [3.8, 4) is 0 Å². The lowest BCUT2D eigenvalue weighted by atomic mass is 9.72. The van der Waals surface area contributed by atoms with Crippen LogP contribution in [0.25, 0.3) is 11.1 Å². The number of carboxylic acid groups (broad SMARTS) is 1. The minimum atomic E-state index is -0.918. The summed E-state index contributed by atoms with van der Waals surface area (Å²) >= 11 is 0. The fraction of sp³-hybridized carbons (Fsp3) is 0.296. The summed E-state index contributed by atoms with van der Waals surface area (Å²) < 4.78 is 0. The summed E-state index contributed by atoms with van der Waals surface area (Å²) in [5.74, 6) is -0.918. The first-order valence-corrected chi connectivity index (χ1v) is 10.1. The molecular formula is C27H30O2. The third kappa shape index (κ3) is 4.59. The van der Waals surface area contributed by atoms with E-state index in [0.29, 0.717) is 0 Å². The average Bonchev–Trinajstić information content (AvgIpc) is 2.66. The van der Waals surface area contributed by atoms with Crippen molar-refractivity contribution >= 4 is 17.1 Å². The Morgan fingerprint density at radius 3 is 2.21 bits per heavy atom. The van der Waals surface area contributed by atoms with E-state index in [4.69, 9.17) is 5.11 Å². The molecule has 0 amide bonds. The van der Waals surface area contributed by atoms with Gasteiger partial charge >= 0.3 is 5.97 Å². The van der Waals surface area contributed by atoms with Gasteiger partial charge in [0, 0.05) is 0 Å². The van der Waals surface area contributed by atoms with Crippen LogP contribution in [-0.2, 0) is 5.41 Å². The minimum absolute atomic E-state index is 0.0946. The number of fused-ring (bicyclic) bond motifs is 1. The smallest absolute Gasteiger partial charge is 0.335 e. The van der Waals surface area contributed by atoms with Crippen molar-refractivity contribution in [2.75, 3.05) is 0 Å². The Hall–Kier alpha value is -2.87. The van der Waals surface area contributed by atoms with Gasteiger partial charge in [0.25, 0.3) is 0 Å². The summed E-state index contributed by atoms with van der Waals surface area (Å²) in [6, 6.07) is 13.5. The van der Waals surface area contributed by atoms with Crippen LogP contribution >= 0.6 is 0 Å². The molecule has 2 nitrogen and oxygen atoms in total. The number of allylic oxidation sites excluding steroid dienone is 4. The predicted octanol–water partition coefficient (Wildman–Crippen LogP) is 7.11. The Morgan fingerprint density at radius 1 is 1.03 bits per heavy atom. The number of benzene rings is 2. The Bertz CT molecular complexity index is 1010. The van der Waals surface area contributed by atoms with E-state index in [0.717, 1.165) is 23.1 Å². The van der Waals surface area contributed by atoms with Crippen LogP contribution in [0, 0.1) is 5.41 Å². The zero-order valence-electron chi connectivity index (χ0n) is 18.0. The van der Waals surface area contributed by atoms with E-state index >= 15 is 0 Å². The molecule has 29 heavy (non-hydrogen) atoms. The van der Waals surface area contributed by atoms with Crippen molar-refractivity contribution in [1.29, 1.82) is 0 Å². The Kier molecular flexibility index (Phi) is 5.40. The van der Waals surface area contributed by atoms with Gasteiger partial charge in [-0.05, 0) is 68.8 Å². The Balaban J connectivity index is 2.01. The van der Waals surface area contributed by atoms with E-state index in [1.54, 1.807) is 12.1 Å². The highest BCUT2D eigenvalue weighted by Crippen LogP contribution is 2.41. The monoisotopic (exact) mass is 386 g/mol. The van der Waals surface area contributed by atoms with E-state index in [1.165, 1.54) is 16.7 Å². The van der Waals surface area contributed by atoms with Gasteiger partial charge in [-0.15, -0.1) is 0 Å². The molecule has 0 aliphatic heterocycles. The molecule has 0 heterocycles. The van der Waals surface area contributed by atoms with Crippen LogP contribution in [0.1, 0.15) is 73.7 Å². The van der Waals surface area contributed by atoms with Crippen LogP contribution in [-0.4, -0.2) is 11.1 Å². The Morgan fingerprint density at radius 2 is 1.62 bits per heavy atom. The summed E-state index contributed by atoms with van der Waals surface area (Å²) in [7, 11) is 0. The van der Waals surface area contributed by atoms with Crippen molar-refractivity contribution in [3.05, 3.63) is 95.1 Å². The molecule has 0 bridgehead atoms. The van der Waals surface area contributed by atoms with Gasteiger partial charge in [0.15, 0.2) is 0 Å². The first kappa shape index (κ1) is 20.9. The normalized spacial score (nSPS) is 15.7. The molecule has 0 unspecified atom stereocenters. The fourth-order valence-electron chi connectivity index (χ4n) is 3.62. The second-order valence-electron chi connectivity index (χ2n) is 9.57. The van der Waals surface area contributed by atoms with Crippen molar-refractivity contribution in [3.63, 3.8) is 0 Å². The number of hydrogen-bond donors (Lipinski definition) is 1. The summed E-state index contributed by atoms with van der Waals surface area (Å²) in [5.41, 5.74) is 7.25. The first-order valence-electron chi connectivity index (χ1n) is 10.1. The lowest BCUT2D eigenvalue weighted by Gasteiger charge is -2.32. The zero-order valence-corrected chi connectivity index (χ0v) is 18.0. The Labute approximate surface area is 174 Å². The van der Waals surface area contributed by atoms with Crippen molar-refractivity contribution < 1.29 is 9.90 Å². The van der Waals surface area contributed by atoms with Crippen molar-refractivity contribution in [1.82, 2.24) is 0 Å². The molecule has 0 spiro atoms. The molecule has 0 radical (unpaired) electrons. The summed E-state index contributed by atoms with van der Waals surface area (Å²) in [5, 5.41) is 9.11. The molecule has 2 heteroatoms. The number of aromatic carboxylic acids is 1. The van der Waals surface area contributed by atoms with Gasteiger partial charge in [0.05, 0.1) is 5.56 Å². The molecule has 3 rings (SSSR count). The molecule has 150 valence electrons. The van der Waals surface area contributed by atoms with Crippen LogP contribution in [0.4, 0.5) is 0 Å². The topological polar surface area (TPSA) is 37.3 Å². The maximum absolute atomic E-state index is 11.1. The van der Waals surface area contributed by atoms with Crippen LogP contribution < -0.4 is 0 Å². The zero-order chi connectivity index (χ0) is 21.4. The van der Waals surface area contributed by atoms with Crippen LogP contribution in [0.5, 0.6) is 0 Å². The van der Waals surface area contributed by atoms with E-state index in [-0.39, 0.29) is 16.4 Å². The fourth-order valence-corrected chi connectivity index (χ4v) is 3.62. The summed E-state index contributed by atoms with van der Waals surface area (Å²) in [6.07, 6.45) is 7.84. The summed E-state index contributed by atoms with van der Waals surface area (Å²) in [4.78, 5) is 11.1. The molecule has 0 saturated heterocycles. The largest absolute Gasteiger partial charge is 0.478 e. The van der Waals surface area contributed by atoms with Gasteiger partial charge < -0.3 is 5.11 Å². The first-order chi connectivity index (χ1) is 13.5. The number of hydrogen-bond acceptors (Lipinski definition) is 1. The lowest BCUT2D eigenvalue weighted by Crippen LogP contribution is -2.21. The van der Waals surface area contributed by atoms with E-state index in [2.05, 4.69) is 77.6 Å². The summed E-state index contributed by atoms with van der Waals surface area (Å²) in [6.45, 7) is 15.5. The molecule has 0 saturated carbocycles. The van der Waals surface area contributed by atoms with Crippen LogP contribution in [0.2, 0.25) is 0 Å². The second kappa shape index (κ2) is 7.51. The van der Waals surface area contributed by atoms with Crippen molar-refractivity contribution in [2.24, 2.45) is 5.41 Å². The van der Waals surface area contributed by atoms with Crippen molar-refractivity contribution in [2.45, 2.75) is 46.5 Å². The van der Waals surface area contributed by atoms with Crippen LogP contribution in [0.15, 0.2) is 67.3 Å². The molecule has 1 aliphatic rings.